The van der Waals surface area contributed by atoms with Gasteiger partial charge in [-0.05, 0) is 50.0 Å². The van der Waals surface area contributed by atoms with E-state index >= 15 is 0 Å². The molecule has 0 aromatic carbocycles. The second-order valence-corrected chi connectivity index (χ2v) is 7.95. The first-order chi connectivity index (χ1) is 12.6. The van der Waals surface area contributed by atoms with Crippen LogP contribution in [0.15, 0.2) is 17.1 Å². The molecule has 3 heterocycles. The molecule has 138 valence electrons. The molecule has 1 aliphatic heterocycles. The van der Waals surface area contributed by atoms with Gasteiger partial charge < -0.3 is 15.2 Å². The molecule has 26 heavy (non-hydrogen) atoms. The van der Waals surface area contributed by atoms with Gasteiger partial charge in [-0.1, -0.05) is 0 Å². The monoisotopic (exact) mass is 356 g/mol. The smallest absolute Gasteiger partial charge is 0.252 e. The van der Waals surface area contributed by atoms with Crippen molar-refractivity contribution in [3.05, 3.63) is 28.2 Å². The quantitative estimate of drug-likeness (QED) is 0.869. The van der Waals surface area contributed by atoms with E-state index in [4.69, 9.17) is 9.72 Å². The molecule has 1 unspecified atom stereocenters. The fraction of sp³-hybridized carbons (Fsp3) is 0.632. The fourth-order valence-electron chi connectivity index (χ4n) is 4.71. The van der Waals surface area contributed by atoms with Crippen LogP contribution < -0.4 is 10.9 Å². The third-order valence-electron chi connectivity index (χ3n) is 6.28. The Morgan fingerprint density at radius 3 is 2.96 bits per heavy atom. The number of pyridine rings is 1. The second-order valence-electron chi connectivity index (χ2n) is 7.95. The minimum atomic E-state index is -0.579. The number of ether oxygens (including phenoxy) is 1. The highest BCUT2D eigenvalue weighted by atomic mass is 16.5. The van der Waals surface area contributed by atoms with Crippen LogP contribution >= 0.6 is 0 Å². The molecule has 0 radical (unpaired) electrons. The van der Waals surface area contributed by atoms with Crippen LogP contribution in [0.5, 0.6) is 0 Å². The van der Waals surface area contributed by atoms with Gasteiger partial charge in [-0.2, -0.15) is 4.98 Å². The highest BCUT2D eigenvalue weighted by Crippen LogP contribution is 2.57. The van der Waals surface area contributed by atoms with Crippen molar-refractivity contribution in [2.24, 2.45) is 11.8 Å². The predicted molar refractivity (Wildman–Crippen MR) is 97.3 cm³/mol. The van der Waals surface area contributed by atoms with Crippen molar-refractivity contribution in [1.29, 1.82) is 0 Å². The molecule has 2 aromatic rings. The molecule has 5 atom stereocenters. The van der Waals surface area contributed by atoms with Crippen LogP contribution in [0, 0.1) is 18.8 Å². The minimum Gasteiger partial charge on any atom is -0.389 e. The topological polar surface area (TPSA) is 89.3 Å². The van der Waals surface area contributed by atoms with Crippen LogP contribution in [0.1, 0.15) is 37.3 Å². The molecule has 3 fully saturated rings. The molecule has 3 aliphatic rings. The molecule has 7 heteroatoms. The summed E-state index contributed by atoms with van der Waals surface area (Å²) in [5, 5.41) is 14.3. The van der Waals surface area contributed by atoms with E-state index in [0.29, 0.717) is 37.1 Å². The maximum atomic E-state index is 12.8. The zero-order chi connectivity index (χ0) is 17.8. The Hall–Kier alpha value is -1.99. The summed E-state index contributed by atoms with van der Waals surface area (Å²) in [6.45, 7) is 2.86. The summed E-state index contributed by atoms with van der Waals surface area (Å²) >= 11 is 0. The first-order valence-electron chi connectivity index (χ1n) is 9.53. The van der Waals surface area contributed by atoms with Crippen LogP contribution in [0.25, 0.3) is 11.0 Å². The molecule has 2 N–H and O–H groups in total. The van der Waals surface area contributed by atoms with Gasteiger partial charge in [-0.15, -0.1) is 0 Å². The molecule has 7 nitrogen and oxygen atoms in total. The molecular weight excluding hydrogens is 332 g/mol. The normalized spacial score (nSPS) is 33.2. The van der Waals surface area contributed by atoms with E-state index in [1.165, 1.54) is 12.8 Å². The van der Waals surface area contributed by atoms with Crippen LogP contribution in [0.4, 0.5) is 5.95 Å². The maximum absolute atomic E-state index is 12.8. The molecule has 0 spiro atoms. The third kappa shape index (κ3) is 2.61. The number of nitrogens with zero attached hydrogens (tertiary/aromatic N) is 3. The lowest BCUT2D eigenvalue weighted by Crippen LogP contribution is -2.42. The highest BCUT2D eigenvalue weighted by Gasteiger charge is 2.49. The number of aromatic nitrogens is 3. The van der Waals surface area contributed by atoms with Crippen molar-refractivity contribution >= 4 is 17.0 Å². The molecule has 0 bridgehead atoms. The van der Waals surface area contributed by atoms with Crippen LogP contribution in [0.2, 0.25) is 0 Å². The fourth-order valence-corrected chi connectivity index (χ4v) is 4.71. The molecule has 2 aliphatic carbocycles. The molecule has 2 saturated carbocycles. The molecule has 0 amide bonds. The summed E-state index contributed by atoms with van der Waals surface area (Å²) in [5.41, 5.74) is 1.65. The van der Waals surface area contributed by atoms with Gasteiger partial charge >= 0.3 is 0 Å². The summed E-state index contributed by atoms with van der Waals surface area (Å²) in [6, 6.07) is 1.83. The average molecular weight is 356 g/mol. The van der Waals surface area contributed by atoms with Gasteiger partial charge in [0, 0.05) is 30.3 Å². The second kappa shape index (κ2) is 6.03. The Balaban J connectivity index is 1.56. The highest BCUT2D eigenvalue weighted by molar-refractivity contribution is 5.79. The maximum Gasteiger partial charge on any atom is 0.252 e. The van der Waals surface area contributed by atoms with Gasteiger partial charge in [0.1, 0.15) is 5.65 Å². The molecule has 5 rings (SSSR count). The first kappa shape index (κ1) is 16.2. The first-order valence-corrected chi connectivity index (χ1v) is 9.53. The lowest BCUT2D eigenvalue weighted by molar-refractivity contribution is -0.0136. The SMILES string of the molecule is Cc1cc(=O)n([C@H]2CCC3C[C@H]32)c2nc(N[C@@H]3CCOC[C@H]3O)ncc12. The van der Waals surface area contributed by atoms with Crippen molar-refractivity contribution in [2.75, 3.05) is 18.5 Å². The van der Waals surface area contributed by atoms with Crippen LogP contribution in [-0.2, 0) is 4.74 Å². The summed E-state index contributed by atoms with van der Waals surface area (Å²) in [6.07, 6.45) is 5.42. The summed E-state index contributed by atoms with van der Waals surface area (Å²) in [5.74, 6) is 1.88. The van der Waals surface area contributed by atoms with Gasteiger partial charge in [-0.25, -0.2) is 4.98 Å². The van der Waals surface area contributed by atoms with Crippen molar-refractivity contribution in [3.63, 3.8) is 0 Å². The average Bonchev–Trinajstić information content (AvgIpc) is 3.29. The van der Waals surface area contributed by atoms with Crippen molar-refractivity contribution in [2.45, 2.75) is 50.8 Å². The number of hydrogen-bond acceptors (Lipinski definition) is 6. The van der Waals surface area contributed by atoms with E-state index < -0.39 is 6.10 Å². The summed E-state index contributed by atoms with van der Waals surface area (Å²) < 4.78 is 7.17. The Morgan fingerprint density at radius 1 is 1.35 bits per heavy atom. The van der Waals surface area contributed by atoms with E-state index in [1.807, 2.05) is 11.5 Å². The number of hydrogen-bond donors (Lipinski definition) is 2. The van der Waals surface area contributed by atoms with Crippen molar-refractivity contribution < 1.29 is 9.84 Å². The van der Waals surface area contributed by atoms with Gasteiger partial charge in [0.05, 0.1) is 18.8 Å². The van der Waals surface area contributed by atoms with Gasteiger partial charge in [0.25, 0.3) is 5.56 Å². The largest absolute Gasteiger partial charge is 0.389 e. The lowest BCUT2D eigenvalue weighted by Gasteiger charge is -2.28. The standard InChI is InChI=1S/C19H24N4O3/c1-10-6-17(25)23(15-3-2-11-7-12(11)15)18-13(10)8-20-19(22-18)21-14-4-5-26-9-16(14)24/h6,8,11-12,14-16,24H,2-5,7,9H2,1H3,(H,20,21,22)/t11?,12-,14-,15+,16-/m1/s1. The van der Waals surface area contributed by atoms with Gasteiger partial charge in [0.15, 0.2) is 0 Å². The molecule has 1 saturated heterocycles. The van der Waals surface area contributed by atoms with E-state index in [9.17, 15) is 9.90 Å². The van der Waals surface area contributed by atoms with E-state index in [2.05, 4.69) is 10.3 Å². The van der Waals surface area contributed by atoms with Gasteiger partial charge in [0.2, 0.25) is 5.95 Å². The van der Waals surface area contributed by atoms with E-state index in [0.717, 1.165) is 23.3 Å². The zero-order valence-corrected chi connectivity index (χ0v) is 14.9. The van der Waals surface area contributed by atoms with Gasteiger partial charge in [-0.3, -0.25) is 9.36 Å². The van der Waals surface area contributed by atoms with Crippen molar-refractivity contribution in [1.82, 2.24) is 14.5 Å². The minimum absolute atomic E-state index is 0.0308. The summed E-state index contributed by atoms with van der Waals surface area (Å²) in [4.78, 5) is 21.9. The van der Waals surface area contributed by atoms with Crippen molar-refractivity contribution in [3.8, 4) is 0 Å². The number of nitrogens with one attached hydrogen (secondary N) is 1. The Labute approximate surface area is 151 Å². The number of rotatable bonds is 3. The van der Waals surface area contributed by atoms with E-state index in [1.54, 1.807) is 12.3 Å². The summed E-state index contributed by atoms with van der Waals surface area (Å²) in [7, 11) is 0. The molecular formula is C19H24N4O3. The molecule has 2 aromatic heterocycles. The Bertz CT molecular complexity index is 912. The zero-order valence-electron chi connectivity index (χ0n) is 14.9. The number of aliphatic hydroxyl groups is 1. The number of aliphatic hydroxyl groups excluding tert-OH is 1. The Kier molecular flexibility index (Phi) is 3.76. The lowest BCUT2D eigenvalue weighted by atomic mass is 10.1. The Morgan fingerprint density at radius 2 is 2.23 bits per heavy atom. The van der Waals surface area contributed by atoms with E-state index in [-0.39, 0.29) is 17.6 Å². The number of anilines is 1. The third-order valence-corrected chi connectivity index (χ3v) is 6.28. The number of fused-ring (bicyclic) bond motifs is 2. The van der Waals surface area contributed by atoms with Crippen LogP contribution in [-0.4, -0.2) is 45.0 Å². The number of aryl methyl sites for hydroxylation is 1. The van der Waals surface area contributed by atoms with Crippen LogP contribution in [0.3, 0.4) is 0 Å². The predicted octanol–water partition coefficient (Wildman–Crippen LogP) is 1.63.